The molecule has 3 aromatic rings. The van der Waals surface area contributed by atoms with Gasteiger partial charge in [-0.25, -0.2) is 4.98 Å². The van der Waals surface area contributed by atoms with E-state index in [2.05, 4.69) is 21.6 Å². The van der Waals surface area contributed by atoms with Gasteiger partial charge in [0.2, 0.25) is 5.13 Å². The lowest BCUT2D eigenvalue weighted by atomic mass is 10.0. The molecule has 0 spiro atoms. The fraction of sp³-hybridized carbons (Fsp3) is 0. The molecule has 112 valence electrons. The Morgan fingerprint density at radius 3 is 2.70 bits per heavy atom. The smallest absolute Gasteiger partial charge is 0.205 e. The van der Waals surface area contributed by atoms with Crippen molar-refractivity contribution in [2.45, 2.75) is 0 Å². The summed E-state index contributed by atoms with van der Waals surface area (Å²) >= 11 is 1.40. The third kappa shape index (κ3) is 3.73. The summed E-state index contributed by atoms with van der Waals surface area (Å²) in [7, 11) is 0. The molecule has 0 unspecified atom stereocenters. The quantitative estimate of drug-likeness (QED) is 0.567. The second-order valence-electron chi connectivity index (χ2n) is 4.77. The molecule has 0 aliphatic heterocycles. The molecule has 0 aliphatic rings. The highest BCUT2D eigenvalue weighted by Gasteiger charge is 2.00. The van der Waals surface area contributed by atoms with Gasteiger partial charge in [-0.1, -0.05) is 30.3 Å². The highest BCUT2D eigenvalue weighted by atomic mass is 32.1. The van der Waals surface area contributed by atoms with Gasteiger partial charge in [-0.15, -0.1) is 11.3 Å². The van der Waals surface area contributed by atoms with Gasteiger partial charge in [0.15, 0.2) is 0 Å². The minimum atomic E-state index is 0.479. The Bertz CT molecular complexity index is 892. The van der Waals surface area contributed by atoms with Crippen molar-refractivity contribution in [3.05, 3.63) is 65.0 Å². The topological polar surface area (TPSA) is 87.1 Å². The molecule has 1 heterocycles. The molecule has 0 saturated carbocycles. The monoisotopic (exact) mass is 319 g/mol. The van der Waals surface area contributed by atoms with Crippen LogP contribution in [-0.2, 0) is 0 Å². The number of nitrogens with one attached hydrogen (secondary N) is 1. The van der Waals surface area contributed by atoms with Crippen LogP contribution in [0.5, 0.6) is 0 Å². The largest absolute Gasteiger partial charge is 0.383 e. The first kappa shape index (κ1) is 14.8. The Labute approximate surface area is 137 Å². The zero-order chi connectivity index (χ0) is 16.1. The van der Waals surface area contributed by atoms with Gasteiger partial charge in [0.25, 0.3) is 0 Å². The van der Waals surface area contributed by atoms with E-state index >= 15 is 0 Å². The molecule has 0 aliphatic carbocycles. The fourth-order valence-corrected chi connectivity index (χ4v) is 2.61. The number of anilines is 2. The van der Waals surface area contributed by atoms with Crippen LogP contribution in [0.15, 0.2) is 59.0 Å². The number of hydrazone groups is 1. The maximum atomic E-state index is 9.00. The first-order chi connectivity index (χ1) is 11.2. The second kappa shape index (κ2) is 6.73. The fourth-order valence-electron chi connectivity index (χ4n) is 2.07. The van der Waals surface area contributed by atoms with Crippen molar-refractivity contribution >= 4 is 28.5 Å². The number of hydrogen-bond acceptors (Lipinski definition) is 6. The minimum absolute atomic E-state index is 0.479. The summed E-state index contributed by atoms with van der Waals surface area (Å²) < 4.78 is 0. The molecule has 6 heteroatoms. The number of nitrogens with zero attached hydrogens (tertiary/aromatic N) is 3. The van der Waals surface area contributed by atoms with Crippen molar-refractivity contribution in [1.82, 2.24) is 4.98 Å². The zero-order valence-corrected chi connectivity index (χ0v) is 12.9. The van der Waals surface area contributed by atoms with Crippen LogP contribution in [0, 0.1) is 11.3 Å². The molecule has 23 heavy (non-hydrogen) atoms. The molecular weight excluding hydrogens is 306 g/mol. The lowest BCUT2D eigenvalue weighted by Gasteiger charge is -2.03. The van der Waals surface area contributed by atoms with E-state index in [9.17, 15) is 0 Å². The van der Waals surface area contributed by atoms with Crippen LogP contribution in [0.2, 0.25) is 0 Å². The third-order valence-electron chi connectivity index (χ3n) is 3.11. The predicted molar refractivity (Wildman–Crippen MR) is 94.3 cm³/mol. The van der Waals surface area contributed by atoms with Crippen molar-refractivity contribution in [2.75, 3.05) is 11.2 Å². The first-order valence-corrected chi connectivity index (χ1v) is 7.73. The van der Waals surface area contributed by atoms with Gasteiger partial charge < -0.3 is 5.73 Å². The van der Waals surface area contributed by atoms with Gasteiger partial charge in [-0.2, -0.15) is 10.4 Å². The van der Waals surface area contributed by atoms with Gasteiger partial charge in [-0.05, 0) is 34.9 Å². The Kier molecular flexibility index (Phi) is 4.32. The lowest BCUT2D eigenvalue weighted by molar-refractivity contribution is 1.29. The van der Waals surface area contributed by atoms with Crippen LogP contribution < -0.4 is 11.2 Å². The van der Waals surface area contributed by atoms with Crippen molar-refractivity contribution in [1.29, 1.82) is 5.26 Å². The number of nitriles is 1. The molecule has 3 rings (SSSR count). The molecule has 5 nitrogen and oxygen atoms in total. The van der Waals surface area contributed by atoms with Crippen LogP contribution in [0.3, 0.4) is 0 Å². The van der Waals surface area contributed by atoms with Crippen molar-refractivity contribution in [3.8, 4) is 17.2 Å². The zero-order valence-electron chi connectivity index (χ0n) is 12.1. The molecule has 0 amide bonds. The average molecular weight is 319 g/mol. The summed E-state index contributed by atoms with van der Waals surface area (Å²) in [6.45, 7) is 0. The van der Waals surface area contributed by atoms with Crippen molar-refractivity contribution in [2.24, 2.45) is 5.10 Å². The van der Waals surface area contributed by atoms with E-state index in [1.807, 2.05) is 42.5 Å². The number of aromatic nitrogens is 1. The van der Waals surface area contributed by atoms with Crippen LogP contribution in [0.25, 0.3) is 11.1 Å². The molecule has 3 N–H and O–H groups in total. The Morgan fingerprint density at radius 2 is 1.96 bits per heavy atom. The van der Waals surface area contributed by atoms with Crippen LogP contribution in [0.4, 0.5) is 10.9 Å². The maximum Gasteiger partial charge on any atom is 0.205 e. The van der Waals surface area contributed by atoms with E-state index in [-0.39, 0.29) is 0 Å². The van der Waals surface area contributed by atoms with Crippen molar-refractivity contribution < 1.29 is 0 Å². The number of nitrogen functional groups attached to an aromatic ring is 1. The van der Waals surface area contributed by atoms with Crippen LogP contribution >= 0.6 is 11.3 Å². The summed E-state index contributed by atoms with van der Waals surface area (Å²) in [5, 5.41) is 15.6. The van der Waals surface area contributed by atoms with E-state index < -0.39 is 0 Å². The molecule has 0 radical (unpaired) electrons. The normalized spacial score (nSPS) is 10.6. The number of hydrogen-bond donors (Lipinski definition) is 2. The minimum Gasteiger partial charge on any atom is -0.383 e. The summed E-state index contributed by atoms with van der Waals surface area (Å²) in [5.74, 6) is 0.479. The molecule has 1 aromatic heterocycles. The van der Waals surface area contributed by atoms with E-state index in [4.69, 9.17) is 11.0 Å². The van der Waals surface area contributed by atoms with Gasteiger partial charge in [-0.3, -0.25) is 5.43 Å². The van der Waals surface area contributed by atoms with Gasteiger partial charge in [0, 0.05) is 5.38 Å². The number of benzene rings is 2. The van der Waals surface area contributed by atoms with Gasteiger partial charge >= 0.3 is 0 Å². The molecule has 0 saturated heterocycles. The number of rotatable bonds is 4. The van der Waals surface area contributed by atoms with E-state index in [0.29, 0.717) is 16.5 Å². The average Bonchev–Trinajstić information content (AvgIpc) is 3.00. The molecule has 0 atom stereocenters. The third-order valence-corrected chi connectivity index (χ3v) is 3.87. The Hall–Kier alpha value is -3.17. The summed E-state index contributed by atoms with van der Waals surface area (Å²) in [5.41, 5.74) is 12.0. The van der Waals surface area contributed by atoms with Crippen molar-refractivity contribution in [3.63, 3.8) is 0 Å². The SMILES string of the molecule is N#Cc1cccc(-c2cccc(C=NNc3nc(N)cs3)c2)c1. The standard InChI is InChI=1S/C17H13N5S/c18-9-12-3-1-5-14(7-12)15-6-2-4-13(8-15)10-20-22-17-21-16(19)11-23-17/h1-8,10-11H,19H2,(H,21,22). The van der Waals surface area contributed by atoms with Gasteiger partial charge in [0.05, 0.1) is 17.8 Å². The highest BCUT2D eigenvalue weighted by molar-refractivity contribution is 7.14. The van der Waals surface area contributed by atoms with Gasteiger partial charge in [0.1, 0.15) is 5.82 Å². The Balaban J connectivity index is 1.78. The second-order valence-corrected chi connectivity index (χ2v) is 5.62. The van der Waals surface area contributed by atoms with E-state index in [1.54, 1.807) is 17.7 Å². The number of nitrogens with two attached hydrogens (primary N) is 1. The first-order valence-electron chi connectivity index (χ1n) is 6.85. The maximum absolute atomic E-state index is 9.00. The highest BCUT2D eigenvalue weighted by Crippen LogP contribution is 2.21. The number of thiazole rings is 1. The molecule has 0 bridgehead atoms. The summed E-state index contributed by atoms with van der Waals surface area (Å²) in [6.07, 6.45) is 1.72. The summed E-state index contributed by atoms with van der Waals surface area (Å²) in [6, 6.07) is 17.6. The van der Waals surface area contributed by atoms with Crippen LogP contribution in [-0.4, -0.2) is 11.2 Å². The molecule has 0 fully saturated rings. The summed E-state index contributed by atoms with van der Waals surface area (Å²) in [4.78, 5) is 4.07. The molecular formula is C17H13N5S. The van der Waals surface area contributed by atoms with E-state index in [1.165, 1.54) is 11.3 Å². The molecule has 2 aromatic carbocycles. The lowest BCUT2D eigenvalue weighted by Crippen LogP contribution is -1.91. The van der Waals surface area contributed by atoms with E-state index in [0.717, 1.165) is 16.7 Å². The predicted octanol–water partition coefficient (Wildman–Crippen LogP) is 3.71. The Morgan fingerprint density at radius 1 is 1.17 bits per heavy atom. The van der Waals surface area contributed by atoms with Crippen LogP contribution in [0.1, 0.15) is 11.1 Å².